The van der Waals surface area contributed by atoms with Crippen LogP contribution in [-0.4, -0.2) is 47.7 Å². The molecule has 110 valence electrons. The van der Waals surface area contributed by atoms with Gasteiger partial charge in [0.1, 0.15) is 11.1 Å². The van der Waals surface area contributed by atoms with Crippen molar-refractivity contribution in [2.24, 2.45) is 0 Å². The van der Waals surface area contributed by atoms with Crippen molar-refractivity contribution in [3.8, 4) is 0 Å². The number of nitrogens with zero attached hydrogens (tertiary/aromatic N) is 3. The molecule has 1 unspecified atom stereocenters. The molecule has 2 rings (SSSR count). The van der Waals surface area contributed by atoms with Crippen LogP contribution in [0.15, 0.2) is 6.20 Å². The van der Waals surface area contributed by atoms with Crippen molar-refractivity contribution in [3.05, 3.63) is 11.2 Å². The summed E-state index contributed by atoms with van der Waals surface area (Å²) in [5.41, 5.74) is 5.60. The highest BCUT2D eigenvalue weighted by atomic mass is 35.5. The Hall–Kier alpha value is -1.60. The van der Waals surface area contributed by atoms with Gasteiger partial charge in [0.25, 0.3) is 0 Å². The smallest absolute Gasteiger partial charge is 0.245 e. The summed E-state index contributed by atoms with van der Waals surface area (Å²) < 4.78 is 5.39. The number of rotatable bonds is 3. The SMILES string of the molecule is CC(C)NC(=O)C1COCCN1c1nc(N)ncc1Cl. The van der Waals surface area contributed by atoms with E-state index in [0.29, 0.717) is 30.6 Å². The zero-order valence-electron chi connectivity index (χ0n) is 11.5. The fraction of sp³-hybridized carbons (Fsp3) is 0.583. The maximum absolute atomic E-state index is 12.2. The third-order valence-corrected chi connectivity index (χ3v) is 3.14. The van der Waals surface area contributed by atoms with E-state index in [-0.39, 0.29) is 17.9 Å². The second kappa shape index (κ2) is 6.23. The molecule has 1 aromatic rings. The largest absolute Gasteiger partial charge is 0.377 e. The van der Waals surface area contributed by atoms with Crippen molar-refractivity contribution in [1.82, 2.24) is 15.3 Å². The third kappa shape index (κ3) is 3.29. The van der Waals surface area contributed by atoms with Crippen LogP contribution in [0.25, 0.3) is 0 Å². The minimum Gasteiger partial charge on any atom is -0.377 e. The molecule has 0 radical (unpaired) electrons. The number of carbonyl (C=O) groups is 1. The van der Waals surface area contributed by atoms with Gasteiger partial charge in [0, 0.05) is 12.6 Å². The van der Waals surface area contributed by atoms with E-state index in [2.05, 4.69) is 15.3 Å². The molecular formula is C12H18ClN5O2. The van der Waals surface area contributed by atoms with Crippen molar-refractivity contribution >= 4 is 29.3 Å². The second-order valence-corrected chi connectivity index (χ2v) is 5.25. The summed E-state index contributed by atoms with van der Waals surface area (Å²) in [4.78, 5) is 22.0. The average molecular weight is 300 g/mol. The number of nitrogens with two attached hydrogens (primary N) is 1. The van der Waals surface area contributed by atoms with Crippen LogP contribution < -0.4 is 16.0 Å². The van der Waals surface area contributed by atoms with Gasteiger partial charge < -0.3 is 20.7 Å². The number of carbonyl (C=O) groups excluding carboxylic acids is 1. The molecule has 20 heavy (non-hydrogen) atoms. The Morgan fingerprint density at radius 1 is 1.65 bits per heavy atom. The Labute approximate surface area is 122 Å². The summed E-state index contributed by atoms with van der Waals surface area (Å²) in [7, 11) is 0. The van der Waals surface area contributed by atoms with Crippen LogP contribution >= 0.6 is 11.6 Å². The molecule has 7 nitrogen and oxygen atoms in total. The Balaban J connectivity index is 2.26. The summed E-state index contributed by atoms with van der Waals surface area (Å²) in [6, 6.07) is -0.421. The minimum absolute atomic E-state index is 0.0530. The number of ether oxygens (including phenoxy) is 1. The lowest BCUT2D eigenvalue weighted by Crippen LogP contribution is -2.55. The van der Waals surface area contributed by atoms with Gasteiger partial charge >= 0.3 is 0 Å². The predicted octanol–water partition coefficient (Wildman–Crippen LogP) is 0.442. The molecule has 1 amide bonds. The van der Waals surface area contributed by atoms with Gasteiger partial charge in [0.2, 0.25) is 11.9 Å². The number of hydrogen-bond acceptors (Lipinski definition) is 6. The van der Waals surface area contributed by atoms with Gasteiger partial charge in [0.05, 0.1) is 19.4 Å². The Bertz CT molecular complexity index is 497. The maximum Gasteiger partial charge on any atom is 0.245 e. The summed E-state index contributed by atoms with van der Waals surface area (Å²) in [6.07, 6.45) is 1.44. The summed E-state index contributed by atoms with van der Waals surface area (Å²) in [6.45, 7) is 5.12. The van der Waals surface area contributed by atoms with Gasteiger partial charge in [-0.25, -0.2) is 4.98 Å². The minimum atomic E-state index is -0.474. The number of amides is 1. The molecule has 3 N–H and O–H groups in total. The highest BCUT2D eigenvalue weighted by molar-refractivity contribution is 6.32. The predicted molar refractivity (Wildman–Crippen MR) is 76.7 cm³/mol. The van der Waals surface area contributed by atoms with E-state index in [9.17, 15) is 4.79 Å². The summed E-state index contributed by atoms with van der Waals surface area (Å²) >= 11 is 6.11. The van der Waals surface area contributed by atoms with Crippen LogP contribution in [0.1, 0.15) is 13.8 Å². The van der Waals surface area contributed by atoms with Gasteiger partial charge in [-0.2, -0.15) is 4.98 Å². The molecule has 0 bridgehead atoms. The topological polar surface area (TPSA) is 93.4 Å². The first-order chi connectivity index (χ1) is 9.49. The molecule has 1 atom stereocenters. The van der Waals surface area contributed by atoms with Crippen molar-refractivity contribution in [1.29, 1.82) is 0 Å². The molecule has 0 aromatic carbocycles. The molecular weight excluding hydrogens is 282 g/mol. The van der Waals surface area contributed by atoms with Gasteiger partial charge in [-0.15, -0.1) is 0 Å². The molecule has 1 fully saturated rings. The molecule has 1 aliphatic rings. The van der Waals surface area contributed by atoms with Crippen molar-refractivity contribution in [2.75, 3.05) is 30.4 Å². The number of nitrogen functional groups attached to an aromatic ring is 1. The van der Waals surface area contributed by atoms with Gasteiger partial charge in [0.15, 0.2) is 5.82 Å². The van der Waals surface area contributed by atoms with Gasteiger partial charge in [-0.3, -0.25) is 4.79 Å². The second-order valence-electron chi connectivity index (χ2n) is 4.85. The molecule has 8 heteroatoms. The van der Waals surface area contributed by atoms with Crippen LogP contribution in [0.3, 0.4) is 0 Å². The third-order valence-electron chi connectivity index (χ3n) is 2.88. The Morgan fingerprint density at radius 3 is 3.10 bits per heavy atom. The van der Waals surface area contributed by atoms with Crippen molar-refractivity contribution in [2.45, 2.75) is 25.9 Å². The Kier molecular flexibility index (Phi) is 4.61. The lowest BCUT2D eigenvalue weighted by Gasteiger charge is -2.36. The highest BCUT2D eigenvalue weighted by Crippen LogP contribution is 2.26. The lowest BCUT2D eigenvalue weighted by molar-refractivity contribution is -0.125. The van der Waals surface area contributed by atoms with E-state index < -0.39 is 6.04 Å². The lowest BCUT2D eigenvalue weighted by atomic mass is 10.2. The van der Waals surface area contributed by atoms with E-state index in [4.69, 9.17) is 22.1 Å². The molecule has 0 saturated carbocycles. The van der Waals surface area contributed by atoms with Crippen LogP contribution in [0.2, 0.25) is 5.02 Å². The zero-order chi connectivity index (χ0) is 14.7. The van der Waals surface area contributed by atoms with Crippen LogP contribution in [0, 0.1) is 0 Å². The fourth-order valence-corrected chi connectivity index (χ4v) is 2.23. The molecule has 1 aromatic heterocycles. The molecule has 1 aliphatic heterocycles. The molecule has 2 heterocycles. The maximum atomic E-state index is 12.2. The fourth-order valence-electron chi connectivity index (χ4n) is 2.03. The van der Waals surface area contributed by atoms with Crippen LogP contribution in [0.4, 0.5) is 11.8 Å². The number of morpholine rings is 1. The summed E-state index contributed by atoms with van der Waals surface area (Å²) in [5, 5.41) is 3.23. The molecule has 1 saturated heterocycles. The van der Waals surface area contributed by atoms with E-state index in [1.54, 1.807) is 0 Å². The number of hydrogen-bond donors (Lipinski definition) is 2. The van der Waals surface area contributed by atoms with Crippen LogP contribution in [-0.2, 0) is 9.53 Å². The molecule has 0 aliphatic carbocycles. The zero-order valence-corrected chi connectivity index (χ0v) is 12.2. The summed E-state index contributed by atoms with van der Waals surface area (Å²) in [5.74, 6) is 0.471. The first-order valence-corrected chi connectivity index (χ1v) is 6.79. The van der Waals surface area contributed by atoms with E-state index in [1.165, 1.54) is 6.20 Å². The number of anilines is 2. The highest BCUT2D eigenvalue weighted by Gasteiger charge is 2.32. The number of halogens is 1. The first kappa shape index (κ1) is 14.8. The standard InChI is InChI=1S/C12H18ClN5O2/c1-7(2)16-11(19)9-6-20-4-3-18(9)10-8(13)5-15-12(14)17-10/h5,7,9H,3-4,6H2,1-2H3,(H,16,19)(H2,14,15,17). The van der Waals surface area contributed by atoms with Crippen LogP contribution in [0.5, 0.6) is 0 Å². The van der Waals surface area contributed by atoms with E-state index >= 15 is 0 Å². The van der Waals surface area contributed by atoms with Gasteiger partial charge in [-0.05, 0) is 13.8 Å². The quantitative estimate of drug-likeness (QED) is 0.841. The van der Waals surface area contributed by atoms with E-state index in [0.717, 1.165) is 0 Å². The monoisotopic (exact) mass is 299 g/mol. The Morgan fingerprint density at radius 2 is 2.40 bits per heavy atom. The first-order valence-electron chi connectivity index (χ1n) is 6.42. The average Bonchev–Trinajstić information content (AvgIpc) is 2.41. The number of aromatic nitrogens is 2. The van der Waals surface area contributed by atoms with E-state index in [1.807, 2.05) is 18.7 Å². The van der Waals surface area contributed by atoms with Crippen molar-refractivity contribution in [3.63, 3.8) is 0 Å². The normalized spacial score (nSPS) is 19.2. The number of nitrogens with one attached hydrogen (secondary N) is 1. The van der Waals surface area contributed by atoms with Crippen molar-refractivity contribution < 1.29 is 9.53 Å². The van der Waals surface area contributed by atoms with Gasteiger partial charge in [-0.1, -0.05) is 11.6 Å². The molecule has 0 spiro atoms.